The minimum Gasteiger partial charge on any atom is -0.320 e. The van der Waals surface area contributed by atoms with E-state index in [1.54, 1.807) is 0 Å². The van der Waals surface area contributed by atoms with Gasteiger partial charge in [0.05, 0.1) is 13.8 Å². The average Bonchev–Trinajstić information content (AvgIpc) is 2.00. The second kappa shape index (κ2) is 6.92. The van der Waals surface area contributed by atoms with Crippen LogP contribution in [0.15, 0.2) is 0 Å². The lowest BCUT2D eigenvalue weighted by molar-refractivity contribution is -0.292. The molecule has 0 bridgehead atoms. The first-order chi connectivity index (χ1) is 6.27. The highest BCUT2D eigenvalue weighted by atomic mass is 19.4. The van der Waals surface area contributed by atoms with Gasteiger partial charge in [0.2, 0.25) is 0 Å². The van der Waals surface area contributed by atoms with Gasteiger partial charge >= 0.3 is 12.3 Å². The van der Waals surface area contributed by atoms with Crippen LogP contribution < -0.4 is 0 Å². The van der Waals surface area contributed by atoms with Crippen molar-refractivity contribution in [3.63, 3.8) is 0 Å². The first-order valence-electron chi connectivity index (χ1n) is 3.73. The predicted octanol–water partition coefficient (Wildman–Crippen LogP) is 3.54. The van der Waals surface area contributed by atoms with Crippen molar-refractivity contribution in [2.45, 2.75) is 32.1 Å². The van der Waals surface area contributed by atoms with Gasteiger partial charge in [-0.3, -0.25) is 4.39 Å². The molecule has 0 heterocycles. The van der Waals surface area contributed by atoms with Crippen LogP contribution in [0, 0.1) is 0 Å². The molecule has 0 N–H and O–H groups in total. The summed E-state index contributed by atoms with van der Waals surface area (Å²) >= 11 is 0. The van der Waals surface area contributed by atoms with E-state index in [0.717, 1.165) is 0 Å². The molecule has 0 amide bonds. The molecule has 0 atom stereocenters. The molecule has 14 heavy (non-hydrogen) atoms. The van der Waals surface area contributed by atoms with Crippen molar-refractivity contribution in [1.82, 2.24) is 0 Å². The van der Waals surface area contributed by atoms with Crippen molar-refractivity contribution in [1.29, 1.82) is 0 Å². The van der Waals surface area contributed by atoms with Gasteiger partial charge in [-0.25, -0.2) is 0 Å². The highest BCUT2D eigenvalue weighted by Gasteiger charge is 2.44. The van der Waals surface area contributed by atoms with Gasteiger partial charge in [0, 0.05) is 0 Å². The number of hydrogen-bond donors (Lipinski definition) is 0. The van der Waals surface area contributed by atoms with Crippen LogP contribution in [0.25, 0.3) is 0 Å². The molecule has 0 saturated heterocycles. The normalized spacial score (nSPS) is 12.0. The first kappa shape index (κ1) is 16.0. The first-order valence-corrected chi connectivity index (χ1v) is 3.73. The summed E-state index contributed by atoms with van der Waals surface area (Å²) in [6.07, 6.45) is -10.9. The molecule has 7 heteroatoms. The molecule has 0 aliphatic heterocycles. The number of rotatable bonds is 4. The summed E-state index contributed by atoms with van der Waals surface area (Å²) in [4.78, 5) is 0. The van der Waals surface area contributed by atoms with E-state index in [9.17, 15) is 26.3 Å². The van der Waals surface area contributed by atoms with Crippen LogP contribution in [0.3, 0.4) is 0 Å². The fraction of sp³-hybridized carbons (Fsp3) is 1.00. The molecular formula is C7H12F6O. The molecule has 0 unspecified atom stereocenters. The van der Waals surface area contributed by atoms with Crippen LogP contribution in [0.1, 0.15) is 19.8 Å². The van der Waals surface area contributed by atoms with Crippen LogP contribution in [-0.2, 0) is 4.74 Å². The average molecular weight is 226 g/mol. The van der Waals surface area contributed by atoms with Crippen molar-refractivity contribution in [2.75, 3.05) is 13.8 Å². The third-order valence-electron chi connectivity index (χ3n) is 0.924. The second-order valence-electron chi connectivity index (χ2n) is 2.28. The van der Waals surface area contributed by atoms with Crippen LogP contribution in [0.5, 0.6) is 0 Å². The zero-order valence-corrected chi connectivity index (χ0v) is 7.80. The molecule has 0 spiro atoms. The van der Waals surface area contributed by atoms with E-state index >= 15 is 0 Å². The summed E-state index contributed by atoms with van der Waals surface area (Å²) in [6, 6.07) is 0. The van der Waals surface area contributed by atoms with Gasteiger partial charge in [0.25, 0.3) is 0 Å². The van der Waals surface area contributed by atoms with E-state index in [1.165, 1.54) is 6.92 Å². The van der Waals surface area contributed by atoms with Crippen molar-refractivity contribution < 1.29 is 31.1 Å². The summed E-state index contributed by atoms with van der Waals surface area (Å²) in [5.74, 6) is 0. The Balaban J connectivity index is 0. The van der Waals surface area contributed by atoms with E-state index < -0.39 is 18.7 Å². The van der Waals surface area contributed by atoms with Crippen LogP contribution in [-0.4, -0.2) is 26.1 Å². The monoisotopic (exact) mass is 226 g/mol. The van der Waals surface area contributed by atoms with Gasteiger partial charge in [0.15, 0.2) is 0 Å². The van der Waals surface area contributed by atoms with Crippen LogP contribution in [0.4, 0.5) is 26.3 Å². The van der Waals surface area contributed by atoms with E-state index in [1.807, 2.05) is 0 Å². The Bertz CT molecular complexity index is 133. The van der Waals surface area contributed by atoms with E-state index in [4.69, 9.17) is 0 Å². The molecule has 0 aromatic carbocycles. The van der Waals surface area contributed by atoms with E-state index in [2.05, 4.69) is 4.74 Å². The Morgan fingerprint density at radius 1 is 1.00 bits per heavy atom. The predicted molar refractivity (Wildman–Crippen MR) is 38.9 cm³/mol. The van der Waals surface area contributed by atoms with Crippen molar-refractivity contribution in [3.8, 4) is 0 Å². The number of halogens is 6. The zero-order chi connectivity index (χ0) is 11.8. The lowest BCUT2D eigenvalue weighted by Gasteiger charge is -2.17. The quantitative estimate of drug-likeness (QED) is 0.666. The Morgan fingerprint density at radius 3 is 1.71 bits per heavy atom. The fourth-order valence-corrected chi connectivity index (χ4v) is 0.536. The lowest BCUT2D eigenvalue weighted by Crippen LogP contribution is -2.28. The maximum absolute atomic E-state index is 12.2. The molecule has 1 nitrogen and oxygen atoms in total. The van der Waals surface area contributed by atoms with E-state index in [0.29, 0.717) is 7.18 Å². The van der Waals surface area contributed by atoms with Gasteiger partial charge in [0.1, 0.15) is 6.42 Å². The highest BCUT2D eigenvalue weighted by Crippen LogP contribution is 2.32. The van der Waals surface area contributed by atoms with Gasteiger partial charge in [-0.15, -0.1) is 0 Å². The molecule has 0 fully saturated rings. The molecule has 88 valence electrons. The Kier molecular flexibility index (Phi) is 7.90. The third kappa shape index (κ3) is 11.5. The summed E-state index contributed by atoms with van der Waals surface area (Å²) < 4.78 is 71.8. The highest BCUT2D eigenvalue weighted by molar-refractivity contribution is 4.60. The maximum atomic E-state index is 12.2. The second-order valence-corrected chi connectivity index (χ2v) is 2.28. The molecule has 0 rings (SSSR count). The summed E-state index contributed by atoms with van der Waals surface area (Å²) in [5, 5.41) is 0. The third-order valence-corrected chi connectivity index (χ3v) is 0.924. The summed E-state index contributed by atoms with van der Waals surface area (Å²) in [5.41, 5.74) is 0. The van der Waals surface area contributed by atoms with Crippen molar-refractivity contribution in [3.05, 3.63) is 0 Å². The molecule has 0 aliphatic carbocycles. The number of hydrogen-bond acceptors (Lipinski definition) is 1. The largest absolute Gasteiger partial charge is 0.397 e. The Hall–Kier alpha value is -0.460. The smallest absolute Gasteiger partial charge is 0.320 e. The fourth-order valence-electron chi connectivity index (χ4n) is 0.536. The van der Waals surface area contributed by atoms with Crippen molar-refractivity contribution in [2.24, 2.45) is 0 Å². The lowest BCUT2D eigenvalue weighted by atomic mass is 10.4. The molecule has 0 aliphatic rings. The van der Waals surface area contributed by atoms with Gasteiger partial charge < -0.3 is 4.74 Å². The molecule has 0 aromatic heterocycles. The Morgan fingerprint density at radius 2 is 1.43 bits per heavy atom. The topological polar surface area (TPSA) is 9.23 Å². The van der Waals surface area contributed by atoms with Gasteiger partial charge in [-0.05, 0) is 6.42 Å². The minimum absolute atomic E-state index is 0.257. The van der Waals surface area contributed by atoms with Crippen molar-refractivity contribution >= 4 is 0 Å². The molecular weight excluding hydrogens is 214 g/mol. The Labute approximate surface area is 78.0 Å². The summed E-state index contributed by atoms with van der Waals surface area (Å²) in [7, 11) is 0.500. The molecule has 0 radical (unpaired) electrons. The zero-order valence-electron chi connectivity index (χ0n) is 7.80. The number of ether oxygens (including phenoxy) is 1. The van der Waals surface area contributed by atoms with E-state index in [-0.39, 0.29) is 13.0 Å². The SMILES string of the molecule is CCCOC(F)(F)CC(F)(F)F.CF. The molecule has 0 aromatic rings. The van der Waals surface area contributed by atoms with Gasteiger partial charge in [-0.1, -0.05) is 6.92 Å². The van der Waals surface area contributed by atoms with Crippen LogP contribution in [0.2, 0.25) is 0 Å². The van der Waals surface area contributed by atoms with Gasteiger partial charge in [-0.2, -0.15) is 22.0 Å². The summed E-state index contributed by atoms with van der Waals surface area (Å²) in [6.45, 7) is 1.16. The van der Waals surface area contributed by atoms with Crippen LogP contribution >= 0.6 is 0 Å². The maximum Gasteiger partial charge on any atom is 0.397 e. The minimum atomic E-state index is -4.89. The number of alkyl halides is 6. The molecule has 0 saturated carbocycles. The standard InChI is InChI=1S/C6H9F5O.CH3F/c1-2-3-12-6(10,11)4-5(7,8)9;1-2/h2-4H2,1H3;1H3.